The Balaban J connectivity index is 1.42. The Morgan fingerprint density at radius 2 is 0.851 bits per heavy atom. The fourth-order valence-corrected chi connectivity index (χ4v) is 6.85. The Kier molecular flexibility index (Phi) is 11.5. The van der Waals surface area contributed by atoms with Crippen LogP contribution in [0.5, 0.6) is 80.5 Å². The normalized spacial score (nSPS) is 18.8. The molecule has 67 heavy (non-hydrogen) atoms. The van der Waals surface area contributed by atoms with E-state index in [-0.39, 0.29) is 5.56 Å². The van der Waals surface area contributed by atoms with E-state index in [1.54, 1.807) is 0 Å². The van der Waals surface area contributed by atoms with E-state index in [4.69, 9.17) is 28.4 Å². The van der Waals surface area contributed by atoms with Crippen molar-refractivity contribution in [2.75, 3.05) is 6.61 Å². The average Bonchev–Trinajstić information content (AvgIpc) is 3.27. The van der Waals surface area contributed by atoms with Crippen LogP contribution in [-0.2, 0) is 28.4 Å². The largest absolute Gasteiger partial charge is 0.508 e. The van der Waals surface area contributed by atoms with Crippen molar-refractivity contribution < 1.29 is 124 Å². The molecule has 5 aromatic carbocycles. The van der Waals surface area contributed by atoms with Crippen LogP contribution in [0.15, 0.2) is 48.5 Å². The molecule has 2 aliphatic rings. The molecular weight excluding hydrogens is 904 g/mol. The zero-order chi connectivity index (χ0) is 49.1. The number of fused-ring (bicyclic) bond motifs is 4. The molecule has 25 heteroatoms. The number of esters is 5. The Morgan fingerprint density at radius 3 is 1.30 bits per heavy atom. The number of ether oxygens (including phenoxy) is 6. The maximum atomic E-state index is 14.4. The van der Waals surface area contributed by atoms with E-state index in [0.717, 1.165) is 12.1 Å². The van der Waals surface area contributed by atoms with Gasteiger partial charge in [-0.15, -0.1) is 0 Å². The highest BCUT2D eigenvalue weighted by Crippen LogP contribution is 2.53. The Bertz CT molecular complexity index is 2870. The van der Waals surface area contributed by atoms with Gasteiger partial charge < -0.3 is 99.9 Å². The molecule has 25 nitrogen and oxygen atoms in total. The molecule has 0 amide bonds. The van der Waals surface area contributed by atoms with Crippen LogP contribution in [-0.4, -0.2) is 139 Å². The number of hydrogen-bond donors (Lipinski definition) is 14. The fourth-order valence-electron chi connectivity index (χ4n) is 6.85. The lowest BCUT2D eigenvalue weighted by molar-refractivity contribution is -0.282. The third kappa shape index (κ3) is 8.19. The summed E-state index contributed by atoms with van der Waals surface area (Å²) < 4.78 is 33.6. The molecule has 0 aromatic heterocycles. The molecule has 1 saturated heterocycles. The third-order valence-corrected chi connectivity index (χ3v) is 10.3. The van der Waals surface area contributed by atoms with Gasteiger partial charge in [0, 0.05) is 16.7 Å². The standard InChI is InChI=1S/C42H32O25/c1-11-17(43)2-13(3-18(11)44)38(58)66-36-35-34(64-40(60)15-8-23(49)30(53)32(55)26(15)27-16(41(61)65-35)9-24(50)31(54)33(27)56)25(10-62-37(57)12-4-19(45)28(51)20(46)5-12)63-42(36)67-39(59)14-6-21(47)29(52)22(48)7-14/h2-9,25,34-36,42-56H,10H2,1H3. The molecule has 0 aliphatic carbocycles. The minimum atomic E-state index is -2.50. The summed E-state index contributed by atoms with van der Waals surface area (Å²) >= 11 is 0. The first-order valence-electron chi connectivity index (χ1n) is 18.7. The second-order valence-electron chi connectivity index (χ2n) is 14.6. The zero-order valence-electron chi connectivity index (χ0n) is 33.5. The number of carbonyl (C=O) groups excluding carboxylic acids is 5. The van der Waals surface area contributed by atoms with Crippen molar-refractivity contribution in [2.24, 2.45) is 0 Å². The molecule has 5 atom stereocenters. The molecular formula is C42H32O25. The lowest BCUT2D eigenvalue weighted by Gasteiger charge is -2.44. The summed E-state index contributed by atoms with van der Waals surface area (Å²) in [4.78, 5) is 69.7. The van der Waals surface area contributed by atoms with Gasteiger partial charge in [0.1, 0.15) is 24.2 Å². The minimum absolute atomic E-state index is 0.116. The van der Waals surface area contributed by atoms with Gasteiger partial charge in [0.05, 0.1) is 27.8 Å². The second kappa shape index (κ2) is 17.0. The highest BCUT2D eigenvalue weighted by molar-refractivity contribution is 6.08. The van der Waals surface area contributed by atoms with Gasteiger partial charge in [-0.05, 0) is 55.5 Å². The molecule has 5 aromatic rings. The van der Waals surface area contributed by atoms with E-state index in [9.17, 15) is 95.5 Å². The molecule has 0 bridgehead atoms. The van der Waals surface area contributed by atoms with Crippen LogP contribution in [0.2, 0.25) is 0 Å². The molecule has 2 aliphatic heterocycles. The predicted molar refractivity (Wildman–Crippen MR) is 211 cm³/mol. The third-order valence-electron chi connectivity index (χ3n) is 10.3. The fraction of sp³-hybridized carbons (Fsp3) is 0.167. The molecule has 0 radical (unpaired) electrons. The topological polar surface area (TPSA) is 424 Å². The molecule has 7 rings (SSSR count). The zero-order valence-corrected chi connectivity index (χ0v) is 33.5. The highest BCUT2D eigenvalue weighted by Gasteiger charge is 2.55. The summed E-state index contributed by atoms with van der Waals surface area (Å²) in [6.45, 7) is 0.0429. The van der Waals surface area contributed by atoms with E-state index >= 15 is 0 Å². The smallest absolute Gasteiger partial charge is 0.340 e. The molecule has 2 heterocycles. The number of rotatable bonds is 7. The van der Waals surface area contributed by atoms with E-state index in [0.29, 0.717) is 36.4 Å². The van der Waals surface area contributed by atoms with Crippen molar-refractivity contribution in [2.45, 2.75) is 37.6 Å². The van der Waals surface area contributed by atoms with Crippen molar-refractivity contribution >= 4 is 29.8 Å². The molecule has 0 saturated carbocycles. The molecule has 1 fully saturated rings. The Hall–Kier alpha value is -9.39. The number of aromatic hydroxyl groups is 14. The lowest BCUT2D eigenvalue weighted by Crippen LogP contribution is -2.63. The molecule has 0 spiro atoms. The first kappa shape index (κ1) is 45.6. The van der Waals surface area contributed by atoms with Crippen molar-refractivity contribution in [1.82, 2.24) is 0 Å². The monoisotopic (exact) mass is 936 g/mol. The van der Waals surface area contributed by atoms with Crippen LogP contribution < -0.4 is 0 Å². The number of benzene rings is 5. The number of phenols is 14. The molecule has 350 valence electrons. The minimum Gasteiger partial charge on any atom is -0.508 e. The van der Waals surface area contributed by atoms with Gasteiger partial charge in [-0.25, -0.2) is 24.0 Å². The van der Waals surface area contributed by atoms with Crippen LogP contribution >= 0.6 is 0 Å². The van der Waals surface area contributed by atoms with Gasteiger partial charge in [-0.1, -0.05) is 0 Å². The lowest BCUT2D eigenvalue weighted by atomic mass is 9.91. The molecule has 5 unspecified atom stereocenters. The van der Waals surface area contributed by atoms with Gasteiger partial charge in [0.25, 0.3) is 0 Å². The first-order chi connectivity index (χ1) is 31.5. The number of hydrogen-bond acceptors (Lipinski definition) is 25. The average molecular weight is 937 g/mol. The van der Waals surface area contributed by atoms with Gasteiger partial charge in [0.15, 0.2) is 69.7 Å². The van der Waals surface area contributed by atoms with E-state index in [2.05, 4.69) is 0 Å². The van der Waals surface area contributed by atoms with E-state index in [1.165, 1.54) is 6.92 Å². The van der Waals surface area contributed by atoms with Crippen molar-refractivity contribution in [3.63, 3.8) is 0 Å². The molecule has 14 N–H and O–H groups in total. The van der Waals surface area contributed by atoms with Crippen molar-refractivity contribution in [3.05, 3.63) is 81.9 Å². The van der Waals surface area contributed by atoms with E-state index < -0.39 is 187 Å². The van der Waals surface area contributed by atoms with Gasteiger partial charge in [-0.3, -0.25) is 0 Å². The quantitative estimate of drug-likeness (QED) is 0.0632. The SMILES string of the molecule is Cc1c(O)cc(C(=O)OC2C(OC(=O)c3cc(O)c(O)c(O)c3)OC(COC(=O)c3cc(O)c(O)c(O)c3)C3OC(=O)c4cc(O)c(O)c(O)c4-c4c(cc(O)c(O)c4O)C(=O)OC32)cc1O. The summed E-state index contributed by atoms with van der Waals surface area (Å²) in [7, 11) is 0. The van der Waals surface area contributed by atoms with E-state index in [1.807, 2.05) is 0 Å². The van der Waals surface area contributed by atoms with Gasteiger partial charge >= 0.3 is 29.8 Å². The van der Waals surface area contributed by atoms with Crippen LogP contribution in [0.4, 0.5) is 0 Å². The second-order valence-corrected chi connectivity index (χ2v) is 14.6. The first-order valence-corrected chi connectivity index (χ1v) is 18.7. The number of phenolic OH excluding ortho intramolecular Hbond substituents is 14. The van der Waals surface area contributed by atoms with Crippen LogP contribution in [0.1, 0.15) is 57.4 Å². The predicted octanol–water partition coefficient (Wildman–Crippen LogP) is 2.27. The Labute approximate surface area is 371 Å². The maximum Gasteiger partial charge on any atom is 0.340 e. The van der Waals surface area contributed by atoms with Crippen LogP contribution in [0, 0.1) is 6.92 Å². The van der Waals surface area contributed by atoms with Crippen molar-refractivity contribution in [1.29, 1.82) is 0 Å². The van der Waals surface area contributed by atoms with Gasteiger partial charge in [-0.2, -0.15) is 0 Å². The maximum absolute atomic E-state index is 14.4. The summed E-state index contributed by atoms with van der Waals surface area (Å²) in [5, 5.41) is 145. The highest BCUT2D eigenvalue weighted by atomic mass is 16.7. The van der Waals surface area contributed by atoms with Gasteiger partial charge in [0.2, 0.25) is 23.9 Å². The summed E-state index contributed by atoms with van der Waals surface area (Å²) in [5.74, 6) is -23.7. The summed E-state index contributed by atoms with van der Waals surface area (Å²) in [6, 6.07) is 4.92. The Morgan fingerprint density at radius 1 is 0.478 bits per heavy atom. The number of carbonyl (C=O) groups is 5. The van der Waals surface area contributed by atoms with Crippen LogP contribution in [0.25, 0.3) is 11.1 Å². The summed E-state index contributed by atoms with van der Waals surface area (Å²) in [6.07, 6.45) is -11.9. The van der Waals surface area contributed by atoms with Crippen molar-refractivity contribution in [3.8, 4) is 91.6 Å². The summed E-state index contributed by atoms with van der Waals surface area (Å²) in [5.41, 5.74) is -6.36. The van der Waals surface area contributed by atoms with Crippen LogP contribution in [0.3, 0.4) is 0 Å².